The highest BCUT2D eigenvalue weighted by Gasteiger charge is 2.52. The number of phenols is 4. The van der Waals surface area contributed by atoms with E-state index in [-0.39, 0.29) is 40.1 Å². The first-order chi connectivity index (χ1) is 35.8. The quantitative estimate of drug-likeness (QED) is 0.0667. The Morgan fingerprint density at radius 3 is 1.35 bits per heavy atom. The summed E-state index contributed by atoms with van der Waals surface area (Å²) in [6, 6.07) is 21.4. The van der Waals surface area contributed by atoms with Crippen molar-refractivity contribution < 1.29 is 86.7 Å². The molecule has 0 aromatic heterocycles. The van der Waals surface area contributed by atoms with Crippen LogP contribution < -0.4 is 52.1 Å². The Kier molecular flexibility index (Phi) is 14.5. The zero-order valence-corrected chi connectivity index (χ0v) is 42.8. The minimum absolute atomic E-state index is 0.0942. The maximum absolute atomic E-state index is 12.0. The van der Waals surface area contributed by atoms with Gasteiger partial charge in [-0.25, -0.2) is 0 Å². The zero-order valence-electron chi connectivity index (χ0n) is 42.8. The van der Waals surface area contributed by atoms with Crippen molar-refractivity contribution in [1.29, 1.82) is 0 Å². The third-order valence-electron chi connectivity index (χ3n) is 14.2. The van der Waals surface area contributed by atoms with Crippen LogP contribution in [0.2, 0.25) is 0 Å². The van der Waals surface area contributed by atoms with Crippen molar-refractivity contribution in [3.05, 3.63) is 123 Å². The lowest BCUT2D eigenvalue weighted by atomic mass is 9.73. The molecule has 6 aromatic rings. The van der Waals surface area contributed by atoms with Crippen molar-refractivity contribution >= 4 is 0 Å². The normalized spacial score (nSPS) is 21.6. The molecular weight excluding hydrogens is 961 g/mol. The molecule has 0 radical (unpaired) electrons. The van der Waals surface area contributed by atoms with Gasteiger partial charge in [-0.15, -0.1) is 0 Å². The second kappa shape index (κ2) is 21.0. The summed E-state index contributed by atoms with van der Waals surface area (Å²) in [5, 5.41) is 44.2. The van der Waals surface area contributed by atoms with Crippen LogP contribution in [0, 0.1) is 0 Å². The van der Waals surface area contributed by atoms with Crippen molar-refractivity contribution in [3.63, 3.8) is 0 Å². The number of methoxy groups -OCH3 is 11. The van der Waals surface area contributed by atoms with E-state index < -0.39 is 54.2 Å². The highest BCUT2D eigenvalue weighted by atomic mass is 16.6. The van der Waals surface area contributed by atoms with Gasteiger partial charge in [0.05, 0.1) is 68.7 Å². The number of rotatable bonds is 16. The third kappa shape index (κ3) is 8.55. The highest BCUT2D eigenvalue weighted by molar-refractivity contribution is 5.71. The van der Waals surface area contributed by atoms with E-state index in [9.17, 15) is 20.4 Å². The van der Waals surface area contributed by atoms with E-state index in [4.69, 9.17) is 66.3 Å². The molecule has 74 heavy (non-hydrogen) atoms. The lowest BCUT2D eigenvalue weighted by molar-refractivity contribution is -0.0344. The van der Waals surface area contributed by atoms with Gasteiger partial charge in [-0.3, -0.25) is 0 Å². The van der Waals surface area contributed by atoms with Crippen molar-refractivity contribution in [2.24, 2.45) is 0 Å². The van der Waals surface area contributed by atoms with Crippen LogP contribution in [0.15, 0.2) is 78.9 Å². The number of hydrogen-bond donors (Lipinski definition) is 4. The Balaban J connectivity index is 1.39. The number of phenolic OH excluding ortho intramolecular Hbond substituents is 4. The van der Waals surface area contributed by atoms with Crippen molar-refractivity contribution in [3.8, 4) is 86.2 Å². The maximum atomic E-state index is 12.0. The fourth-order valence-corrected chi connectivity index (χ4v) is 10.9. The minimum atomic E-state index is -1.04. The lowest BCUT2D eigenvalue weighted by Gasteiger charge is -2.45. The van der Waals surface area contributed by atoms with E-state index in [1.165, 1.54) is 45.6 Å². The van der Waals surface area contributed by atoms with E-state index in [0.717, 1.165) is 5.56 Å². The summed E-state index contributed by atoms with van der Waals surface area (Å²) in [6.45, 7) is 0. The van der Waals surface area contributed by atoms with Crippen LogP contribution in [0.5, 0.6) is 86.2 Å². The van der Waals surface area contributed by atoms with E-state index in [0.29, 0.717) is 85.8 Å². The number of hydrogen-bond acceptors (Lipinski definition) is 18. The minimum Gasteiger partial charge on any atom is -0.508 e. The first-order valence-electron chi connectivity index (χ1n) is 23.5. The van der Waals surface area contributed by atoms with E-state index >= 15 is 0 Å². The molecule has 392 valence electrons. The smallest absolute Gasteiger partial charge is 0.161 e. The van der Waals surface area contributed by atoms with E-state index in [1.54, 1.807) is 75.1 Å². The number of ether oxygens (including phenoxy) is 14. The van der Waals surface area contributed by atoms with Crippen molar-refractivity contribution in [2.45, 2.75) is 54.9 Å². The first-order valence-corrected chi connectivity index (χ1v) is 23.5. The Morgan fingerprint density at radius 2 is 0.838 bits per heavy atom. The average molecular weight is 1020 g/mol. The predicted molar refractivity (Wildman–Crippen MR) is 268 cm³/mol. The molecule has 3 heterocycles. The molecule has 9 rings (SSSR count). The monoisotopic (exact) mass is 1020 g/mol. The van der Waals surface area contributed by atoms with Gasteiger partial charge >= 0.3 is 0 Å². The van der Waals surface area contributed by atoms with Crippen molar-refractivity contribution in [2.75, 3.05) is 78.2 Å². The van der Waals surface area contributed by atoms with Gasteiger partial charge in [0.15, 0.2) is 52.8 Å². The first kappa shape index (κ1) is 51.1. The summed E-state index contributed by atoms with van der Waals surface area (Å²) in [6.07, 6.45) is -4.86. The Morgan fingerprint density at radius 1 is 0.378 bits per heavy atom. The molecule has 0 saturated heterocycles. The highest BCUT2D eigenvalue weighted by Crippen LogP contribution is 2.63. The van der Waals surface area contributed by atoms with Crippen LogP contribution in [0.4, 0.5) is 0 Å². The molecule has 0 bridgehead atoms. The largest absolute Gasteiger partial charge is 0.508 e. The molecule has 8 unspecified atom stereocenters. The lowest BCUT2D eigenvalue weighted by Crippen LogP contribution is -2.40. The van der Waals surface area contributed by atoms with Crippen molar-refractivity contribution in [1.82, 2.24) is 0 Å². The molecule has 18 heteroatoms. The van der Waals surface area contributed by atoms with Gasteiger partial charge in [0.1, 0.15) is 70.1 Å². The van der Waals surface area contributed by atoms with E-state index in [2.05, 4.69) is 0 Å². The summed E-state index contributed by atoms with van der Waals surface area (Å²) >= 11 is 0. The summed E-state index contributed by atoms with van der Waals surface area (Å²) in [4.78, 5) is 0. The molecule has 0 fully saturated rings. The van der Waals surface area contributed by atoms with E-state index in [1.807, 2.05) is 36.4 Å². The summed E-state index contributed by atoms with van der Waals surface area (Å²) in [5.41, 5.74) is 4.06. The van der Waals surface area contributed by atoms with Gasteiger partial charge in [0.25, 0.3) is 0 Å². The van der Waals surface area contributed by atoms with Gasteiger partial charge in [0, 0.05) is 79.8 Å². The van der Waals surface area contributed by atoms with Crippen LogP contribution >= 0.6 is 0 Å². The number of fused-ring (bicyclic) bond motifs is 3. The molecule has 6 aromatic carbocycles. The van der Waals surface area contributed by atoms with Crippen LogP contribution in [0.25, 0.3) is 0 Å². The fourth-order valence-electron chi connectivity index (χ4n) is 10.9. The average Bonchev–Trinajstić information content (AvgIpc) is 3.43. The second-order valence-electron chi connectivity index (χ2n) is 17.7. The standard InChI is InChI=1S/C56H60O18/c1-61-34-16-13-27(19-37(34)64-4)50-43(69-9)23-30-36(63-3)24-39(66-6)45(53(30)73-50)49-47-41(68-8)25-40(67-7)46(54(47)74-52(56(49)71-11)28-14-17-35(62-2)38(20-28)65-5)48-44-33(60)21-29(57)22-42(44)72-51(55(48)70-10)26-12-15-31(58)32(59)18-26/h12-22,24-25,43,48-52,55-60H,23H2,1-11H3. The molecule has 0 spiro atoms. The third-order valence-corrected chi connectivity index (χ3v) is 14.2. The van der Waals surface area contributed by atoms with Crippen LogP contribution in [-0.4, -0.2) is 117 Å². The van der Waals surface area contributed by atoms with Crippen LogP contribution in [-0.2, 0) is 20.6 Å². The summed E-state index contributed by atoms with van der Waals surface area (Å²) in [5.74, 6) is 0.834. The second-order valence-corrected chi connectivity index (χ2v) is 17.7. The maximum Gasteiger partial charge on any atom is 0.161 e. The topological polar surface area (TPSA) is 210 Å². The fraction of sp³-hybridized carbons (Fsp3) is 0.357. The van der Waals surface area contributed by atoms with Gasteiger partial charge < -0.3 is 86.7 Å². The van der Waals surface area contributed by atoms with Gasteiger partial charge in [0.2, 0.25) is 0 Å². The SMILES string of the molecule is COc1ccc(C2Oc3c(c(OC)cc(OC)c3C3c4c(OC)cc(OC)c(C5c6c(O)cc(O)cc6OC(c6ccc(O)c(O)c6)C5OC)c4OC(c4ccc(OC)c(OC)c4)C3OC)CC2OC)cc1OC. The molecule has 0 saturated carbocycles. The molecule has 8 atom stereocenters. The number of aromatic hydroxyl groups is 4. The van der Waals surface area contributed by atoms with Crippen LogP contribution in [0.3, 0.4) is 0 Å². The zero-order chi connectivity index (χ0) is 52.7. The molecule has 4 N–H and O–H groups in total. The van der Waals surface area contributed by atoms with Gasteiger partial charge in [-0.05, 0) is 53.1 Å². The molecule has 3 aliphatic heterocycles. The summed E-state index contributed by atoms with van der Waals surface area (Å²) < 4.78 is 88.8. The Labute approximate surface area is 428 Å². The molecule has 3 aliphatic rings. The molecular formula is C56H60O18. The van der Waals surface area contributed by atoms with Gasteiger partial charge in [-0.2, -0.15) is 0 Å². The predicted octanol–water partition coefficient (Wildman–Crippen LogP) is 8.83. The molecule has 0 aliphatic carbocycles. The Hall–Kier alpha value is -7.80. The molecule has 0 amide bonds. The van der Waals surface area contributed by atoms with Gasteiger partial charge in [-0.1, -0.05) is 18.2 Å². The summed E-state index contributed by atoms with van der Waals surface area (Å²) in [7, 11) is 17.1. The van der Waals surface area contributed by atoms with Crippen LogP contribution in [0.1, 0.15) is 74.7 Å². The Bertz CT molecular complexity index is 3050. The number of benzene rings is 6. The molecule has 18 nitrogen and oxygen atoms in total.